The maximum Gasteiger partial charge on any atom is 0.150 e. The first-order chi connectivity index (χ1) is 5.66. The lowest BCUT2D eigenvalue weighted by Gasteiger charge is -2.14. The van der Waals surface area contributed by atoms with Crippen LogP contribution in [0.1, 0.15) is 26.7 Å². The lowest BCUT2D eigenvalue weighted by Crippen LogP contribution is -2.37. The van der Waals surface area contributed by atoms with Crippen molar-refractivity contribution in [1.82, 2.24) is 5.32 Å². The minimum atomic E-state index is -0.201. The Labute approximate surface area is 72.5 Å². The Bertz CT molecular complexity index is 201. The summed E-state index contributed by atoms with van der Waals surface area (Å²) in [7, 11) is 0. The van der Waals surface area contributed by atoms with Gasteiger partial charge in [-0.2, -0.15) is 0 Å². The van der Waals surface area contributed by atoms with Gasteiger partial charge in [0.1, 0.15) is 11.6 Å². The minimum absolute atomic E-state index is 0.0718. The molecule has 1 rings (SSSR count). The molecule has 0 aromatic rings. The normalized spacial score (nSPS) is 28.8. The Balaban J connectivity index is 2.63. The number of nitrogens with one attached hydrogen (secondary N) is 1. The highest BCUT2D eigenvalue weighted by Crippen LogP contribution is 2.18. The van der Waals surface area contributed by atoms with Gasteiger partial charge in [-0.05, 0) is 19.9 Å². The SMILES string of the molecule is CCC(=O)C1NCCC1C(C)=O. The average molecular weight is 169 g/mol. The smallest absolute Gasteiger partial charge is 0.150 e. The standard InChI is InChI=1S/C9H15NO2/c1-3-8(12)9-7(6(2)11)4-5-10-9/h7,9-10H,3-5H2,1-2H3. The fourth-order valence-corrected chi connectivity index (χ4v) is 1.70. The van der Waals surface area contributed by atoms with Crippen molar-refractivity contribution in [3.63, 3.8) is 0 Å². The Hall–Kier alpha value is -0.700. The van der Waals surface area contributed by atoms with Gasteiger partial charge in [-0.1, -0.05) is 6.92 Å². The molecule has 2 unspecified atom stereocenters. The van der Waals surface area contributed by atoms with E-state index < -0.39 is 0 Å². The molecule has 3 heteroatoms. The fraction of sp³-hybridized carbons (Fsp3) is 0.778. The van der Waals surface area contributed by atoms with Crippen LogP contribution in [0, 0.1) is 5.92 Å². The number of carbonyl (C=O) groups excluding carboxylic acids is 2. The van der Waals surface area contributed by atoms with Crippen LogP contribution >= 0.6 is 0 Å². The van der Waals surface area contributed by atoms with Gasteiger partial charge < -0.3 is 5.32 Å². The molecule has 0 aliphatic carbocycles. The predicted molar refractivity (Wildman–Crippen MR) is 45.9 cm³/mol. The number of hydrogen-bond acceptors (Lipinski definition) is 3. The maximum absolute atomic E-state index is 11.3. The summed E-state index contributed by atoms with van der Waals surface area (Å²) in [5.74, 6) is 0.219. The Morgan fingerprint density at radius 1 is 1.50 bits per heavy atom. The zero-order chi connectivity index (χ0) is 9.14. The second-order valence-corrected chi connectivity index (χ2v) is 3.26. The molecule has 1 heterocycles. The first-order valence-corrected chi connectivity index (χ1v) is 4.43. The van der Waals surface area contributed by atoms with Crippen LogP contribution in [0.5, 0.6) is 0 Å². The molecule has 1 aliphatic heterocycles. The zero-order valence-electron chi connectivity index (χ0n) is 7.59. The van der Waals surface area contributed by atoms with Gasteiger partial charge in [0.25, 0.3) is 0 Å². The number of carbonyl (C=O) groups is 2. The number of Topliss-reactive ketones (excluding diaryl/α,β-unsaturated/α-hetero) is 2. The van der Waals surface area contributed by atoms with Crippen molar-refractivity contribution in [3.05, 3.63) is 0 Å². The number of rotatable bonds is 3. The molecule has 0 saturated carbocycles. The highest BCUT2D eigenvalue weighted by atomic mass is 16.1. The van der Waals surface area contributed by atoms with Crippen molar-refractivity contribution >= 4 is 11.6 Å². The van der Waals surface area contributed by atoms with Crippen molar-refractivity contribution in [3.8, 4) is 0 Å². The highest BCUT2D eigenvalue weighted by molar-refractivity contribution is 5.91. The van der Waals surface area contributed by atoms with E-state index in [0.717, 1.165) is 13.0 Å². The molecule has 1 saturated heterocycles. The first-order valence-electron chi connectivity index (χ1n) is 4.43. The quantitative estimate of drug-likeness (QED) is 0.670. The van der Waals surface area contributed by atoms with E-state index in [-0.39, 0.29) is 23.5 Å². The van der Waals surface area contributed by atoms with Gasteiger partial charge >= 0.3 is 0 Å². The zero-order valence-corrected chi connectivity index (χ0v) is 7.59. The molecule has 0 spiro atoms. The van der Waals surface area contributed by atoms with Gasteiger partial charge in [0.2, 0.25) is 0 Å². The molecule has 1 fully saturated rings. The molecule has 0 amide bonds. The molecule has 3 nitrogen and oxygen atoms in total. The summed E-state index contributed by atoms with van der Waals surface area (Å²) in [6, 6.07) is -0.201. The van der Waals surface area contributed by atoms with Gasteiger partial charge in [-0.25, -0.2) is 0 Å². The summed E-state index contributed by atoms with van der Waals surface area (Å²) < 4.78 is 0. The molecular weight excluding hydrogens is 154 g/mol. The third-order valence-electron chi connectivity index (χ3n) is 2.44. The summed E-state index contributed by atoms with van der Waals surface area (Å²) in [6.45, 7) is 4.19. The first kappa shape index (κ1) is 9.39. The van der Waals surface area contributed by atoms with Crippen molar-refractivity contribution in [1.29, 1.82) is 0 Å². The van der Waals surface area contributed by atoms with Crippen LogP contribution in [0.3, 0.4) is 0 Å². The van der Waals surface area contributed by atoms with Gasteiger partial charge in [0.05, 0.1) is 6.04 Å². The van der Waals surface area contributed by atoms with Gasteiger partial charge in [0, 0.05) is 12.3 Å². The topological polar surface area (TPSA) is 46.2 Å². The summed E-state index contributed by atoms with van der Waals surface area (Å²) in [6.07, 6.45) is 1.33. The molecule has 1 N–H and O–H groups in total. The van der Waals surface area contributed by atoms with Crippen molar-refractivity contribution < 1.29 is 9.59 Å². The van der Waals surface area contributed by atoms with Gasteiger partial charge in [-0.3, -0.25) is 9.59 Å². The second kappa shape index (κ2) is 3.81. The molecule has 0 aromatic carbocycles. The minimum Gasteiger partial charge on any atom is -0.307 e. The molecule has 0 aromatic heterocycles. The molecule has 0 radical (unpaired) electrons. The number of ketones is 2. The lowest BCUT2D eigenvalue weighted by molar-refractivity contribution is -0.127. The molecule has 0 bridgehead atoms. The van der Waals surface area contributed by atoms with E-state index in [0.29, 0.717) is 6.42 Å². The summed E-state index contributed by atoms with van der Waals surface area (Å²) in [5.41, 5.74) is 0. The lowest BCUT2D eigenvalue weighted by atomic mass is 9.93. The van der Waals surface area contributed by atoms with E-state index in [9.17, 15) is 9.59 Å². The summed E-state index contributed by atoms with van der Waals surface area (Å²) in [4.78, 5) is 22.4. The van der Waals surface area contributed by atoms with E-state index in [1.54, 1.807) is 6.92 Å². The highest BCUT2D eigenvalue weighted by Gasteiger charge is 2.34. The maximum atomic E-state index is 11.3. The molecular formula is C9H15NO2. The van der Waals surface area contributed by atoms with E-state index in [1.165, 1.54) is 0 Å². The van der Waals surface area contributed by atoms with Crippen LogP contribution in [0.4, 0.5) is 0 Å². The molecule has 12 heavy (non-hydrogen) atoms. The molecule has 2 atom stereocenters. The Morgan fingerprint density at radius 3 is 2.67 bits per heavy atom. The van der Waals surface area contributed by atoms with Crippen LogP contribution in [0.15, 0.2) is 0 Å². The second-order valence-electron chi connectivity index (χ2n) is 3.26. The average Bonchev–Trinajstić information content (AvgIpc) is 2.50. The van der Waals surface area contributed by atoms with Crippen LogP contribution in [0.25, 0.3) is 0 Å². The fourth-order valence-electron chi connectivity index (χ4n) is 1.70. The monoisotopic (exact) mass is 169 g/mol. The van der Waals surface area contributed by atoms with E-state index >= 15 is 0 Å². The largest absolute Gasteiger partial charge is 0.307 e. The van der Waals surface area contributed by atoms with Crippen LogP contribution in [-0.4, -0.2) is 24.2 Å². The van der Waals surface area contributed by atoms with Crippen molar-refractivity contribution in [2.75, 3.05) is 6.54 Å². The number of hydrogen-bond donors (Lipinski definition) is 1. The van der Waals surface area contributed by atoms with Gasteiger partial charge in [0.15, 0.2) is 0 Å². The molecule has 1 aliphatic rings. The van der Waals surface area contributed by atoms with E-state index in [4.69, 9.17) is 0 Å². The van der Waals surface area contributed by atoms with Crippen molar-refractivity contribution in [2.24, 2.45) is 5.92 Å². The van der Waals surface area contributed by atoms with Crippen LogP contribution in [-0.2, 0) is 9.59 Å². The Kier molecular flexibility index (Phi) is 2.98. The predicted octanol–water partition coefficient (Wildman–Crippen LogP) is 0.533. The van der Waals surface area contributed by atoms with E-state index in [1.807, 2.05) is 6.92 Å². The van der Waals surface area contributed by atoms with Crippen LogP contribution in [0.2, 0.25) is 0 Å². The molecule has 68 valence electrons. The third-order valence-corrected chi connectivity index (χ3v) is 2.44. The van der Waals surface area contributed by atoms with Gasteiger partial charge in [-0.15, -0.1) is 0 Å². The van der Waals surface area contributed by atoms with Crippen molar-refractivity contribution in [2.45, 2.75) is 32.7 Å². The van der Waals surface area contributed by atoms with Crippen LogP contribution < -0.4 is 5.32 Å². The Morgan fingerprint density at radius 2 is 2.17 bits per heavy atom. The summed E-state index contributed by atoms with van der Waals surface area (Å²) in [5, 5.41) is 3.07. The van der Waals surface area contributed by atoms with E-state index in [2.05, 4.69) is 5.32 Å². The summed E-state index contributed by atoms with van der Waals surface area (Å²) >= 11 is 0. The third kappa shape index (κ3) is 1.72.